The number of hydrogen-bond donors (Lipinski definition) is 1. The monoisotopic (exact) mass is 442 g/mol. The molecule has 0 amide bonds. The van der Waals surface area contributed by atoms with Crippen molar-refractivity contribution in [3.05, 3.63) is 59.5 Å². The highest BCUT2D eigenvalue weighted by atomic mass is 19.1. The SMILES string of the molecule is CCCOC(O)(C(=O)c1cccc(OC)c1)N1CCC(c2noc3cc(F)ccc23)CC1. The van der Waals surface area contributed by atoms with Crippen LogP contribution in [-0.2, 0) is 4.74 Å². The molecule has 4 rings (SSSR count). The maximum atomic E-state index is 13.5. The highest BCUT2D eigenvalue weighted by molar-refractivity contribution is 6.01. The number of halogens is 1. The Labute approximate surface area is 185 Å². The molecule has 0 saturated carbocycles. The number of carbonyl (C=O) groups is 1. The standard InChI is InChI=1S/C24H27FN2O5/c1-3-13-31-24(29,23(28)17-5-4-6-19(14-17)30-2)27-11-9-16(10-12-27)22-20-8-7-18(25)15-21(20)32-26-22/h4-8,14-16,29H,3,9-13H2,1-2H3. The Kier molecular flexibility index (Phi) is 6.55. The molecule has 170 valence electrons. The van der Waals surface area contributed by atoms with Gasteiger partial charge in [-0.3, -0.25) is 4.79 Å². The largest absolute Gasteiger partial charge is 0.497 e. The summed E-state index contributed by atoms with van der Waals surface area (Å²) in [5.41, 5.74) is 1.50. The van der Waals surface area contributed by atoms with E-state index in [1.54, 1.807) is 35.2 Å². The predicted octanol–water partition coefficient (Wildman–Crippen LogP) is 4.11. The predicted molar refractivity (Wildman–Crippen MR) is 116 cm³/mol. The highest BCUT2D eigenvalue weighted by Crippen LogP contribution is 2.35. The molecule has 0 bridgehead atoms. The maximum Gasteiger partial charge on any atom is 0.295 e. The lowest BCUT2D eigenvalue weighted by Gasteiger charge is -2.41. The third kappa shape index (κ3) is 4.26. The van der Waals surface area contributed by atoms with E-state index in [-0.39, 0.29) is 18.3 Å². The van der Waals surface area contributed by atoms with Gasteiger partial charge in [0.1, 0.15) is 11.6 Å². The molecule has 1 N–H and O–H groups in total. The molecule has 0 aliphatic carbocycles. The van der Waals surface area contributed by atoms with Crippen molar-refractivity contribution in [3.8, 4) is 5.75 Å². The van der Waals surface area contributed by atoms with Gasteiger partial charge in [-0.1, -0.05) is 24.2 Å². The van der Waals surface area contributed by atoms with E-state index in [2.05, 4.69) is 5.16 Å². The van der Waals surface area contributed by atoms with Crippen LogP contribution in [0.1, 0.15) is 48.2 Å². The lowest BCUT2D eigenvalue weighted by atomic mass is 9.90. The number of rotatable bonds is 8. The molecule has 8 heteroatoms. The van der Waals surface area contributed by atoms with Crippen molar-refractivity contribution in [1.29, 1.82) is 0 Å². The molecule has 7 nitrogen and oxygen atoms in total. The molecule has 32 heavy (non-hydrogen) atoms. The molecular formula is C24H27FN2O5. The molecule has 1 atom stereocenters. The summed E-state index contributed by atoms with van der Waals surface area (Å²) in [4.78, 5) is 15.0. The van der Waals surface area contributed by atoms with Crippen LogP contribution in [0.2, 0.25) is 0 Å². The molecule has 2 aromatic carbocycles. The van der Waals surface area contributed by atoms with E-state index in [0.717, 1.165) is 11.1 Å². The minimum atomic E-state index is -2.07. The molecule has 2 heterocycles. The first-order valence-electron chi connectivity index (χ1n) is 10.8. The van der Waals surface area contributed by atoms with Gasteiger partial charge in [-0.2, -0.15) is 0 Å². The van der Waals surface area contributed by atoms with Gasteiger partial charge >= 0.3 is 0 Å². The van der Waals surface area contributed by atoms with E-state index in [1.807, 2.05) is 6.92 Å². The molecule has 3 aromatic rings. The second-order valence-corrected chi connectivity index (χ2v) is 7.99. The van der Waals surface area contributed by atoms with Gasteiger partial charge in [0, 0.05) is 36.0 Å². The smallest absolute Gasteiger partial charge is 0.295 e. The zero-order valence-corrected chi connectivity index (χ0v) is 18.2. The van der Waals surface area contributed by atoms with E-state index in [9.17, 15) is 14.3 Å². The van der Waals surface area contributed by atoms with Crippen molar-refractivity contribution < 1.29 is 28.3 Å². The molecule has 0 spiro atoms. The molecule has 1 fully saturated rings. The van der Waals surface area contributed by atoms with E-state index in [1.165, 1.54) is 19.2 Å². The number of ether oxygens (including phenoxy) is 2. The number of aliphatic hydroxyl groups is 1. The van der Waals surface area contributed by atoms with Crippen LogP contribution in [0.3, 0.4) is 0 Å². The Hall–Kier alpha value is -2.81. The minimum Gasteiger partial charge on any atom is -0.497 e. The van der Waals surface area contributed by atoms with Crippen LogP contribution in [0, 0.1) is 5.82 Å². The second kappa shape index (κ2) is 9.36. The van der Waals surface area contributed by atoms with Crippen LogP contribution in [0.15, 0.2) is 47.0 Å². The molecule has 1 aromatic heterocycles. The maximum absolute atomic E-state index is 13.5. The third-order valence-corrected chi connectivity index (χ3v) is 5.91. The van der Waals surface area contributed by atoms with E-state index in [4.69, 9.17) is 14.0 Å². The summed E-state index contributed by atoms with van der Waals surface area (Å²) in [6.45, 7) is 3.01. The second-order valence-electron chi connectivity index (χ2n) is 7.99. The van der Waals surface area contributed by atoms with Crippen LogP contribution < -0.4 is 4.74 Å². The number of nitrogens with zero attached hydrogens (tertiary/aromatic N) is 2. The van der Waals surface area contributed by atoms with Crippen molar-refractivity contribution in [1.82, 2.24) is 10.1 Å². The first kappa shape index (κ1) is 22.4. The van der Waals surface area contributed by atoms with Gasteiger partial charge < -0.3 is 19.1 Å². The van der Waals surface area contributed by atoms with Gasteiger partial charge in [-0.25, -0.2) is 9.29 Å². The highest BCUT2D eigenvalue weighted by Gasteiger charge is 2.45. The number of aromatic nitrogens is 1. The van der Waals surface area contributed by atoms with E-state index in [0.29, 0.717) is 49.2 Å². The average Bonchev–Trinajstić information content (AvgIpc) is 3.25. The number of carbonyl (C=O) groups excluding carboxylic acids is 1. The number of Topliss-reactive ketones (excluding diaryl/α,β-unsaturated/α-hetero) is 1. The van der Waals surface area contributed by atoms with Crippen molar-refractivity contribution in [2.75, 3.05) is 26.8 Å². The molecule has 0 radical (unpaired) electrons. The Balaban J connectivity index is 1.54. The summed E-state index contributed by atoms with van der Waals surface area (Å²) >= 11 is 0. The van der Waals surface area contributed by atoms with Gasteiger partial charge in [0.2, 0.25) is 5.78 Å². The summed E-state index contributed by atoms with van der Waals surface area (Å²) in [5, 5.41) is 16.4. The number of ketones is 1. The van der Waals surface area contributed by atoms with E-state index >= 15 is 0 Å². The van der Waals surface area contributed by atoms with Crippen molar-refractivity contribution in [2.45, 2.75) is 38.0 Å². The van der Waals surface area contributed by atoms with Crippen LogP contribution >= 0.6 is 0 Å². The minimum absolute atomic E-state index is 0.0697. The summed E-state index contributed by atoms with van der Waals surface area (Å²) in [6, 6.07) is 11.1. The van der Waals surface area contributed by atoms with Crippen molar-refractivity contribution in [3.63, 3.8) is 0 Å². The number of benzene rings is 2. The molecule has 1 unspecified atom stereocenters. The van der Waals surface area contributed by atoms with Gasteiger partial charge in [0.25, 0.3) is 5.91 Å². The molecule has 1 aliphatic heterocycles. The Morgan fingerprint density at radius 3 is 2.78 bits per heavy atom. The normalized spacial score (nSPS) is 17.4. The van der Waals surface area contributed by atoms with Gasteiger partial charge in [0.15, 0.2) is 5.58 Å². The fraction of sp³-hybridized carbons (Fsp3) is 0.417. The molecular weight excluding hydrogens is 415 g/mol. The van der Waals surface area contributed by atoms with Gasteiger partial charge in [0.05, 0.1) is 19.4 Å². The summed E-state index contributed by atoms with van der Waals surface area (Å²) in [7, 11) is 1.52. The quantitative estimate of drug-likeness (QED) is 0.415. The Morgan fingerprint density at radius 1 is 1.28 bits per heavy atom. The Bertz CT molecular complexity index is 1090. The number of methoxy groups -OCH3 is 1. The van der Waals surface area contributed by atoms with Crippen molar-refractivity contribution >= 4 is 16.8 Å². The lowest BCUT2D eigenvalue weighted by Crippen LogP contribution is -2.59. The average molecular weight is 442 g/mol. The Morgan fingerprint density at radius 2 is 2.06 bits per heavy atom. The lowest BCUT2D eigenvalue weighted by molar-refractivity contribution is -0.258. The van der Waals surface area contributed by atoms with Crippen LogP contribution in [0.5, 0.6) is 5.75 Å². The van der Waals surface area contributed by atoms with Crippen molar-refractivity contribution in [2.24, 2.45) is 0 Å². The van der Waals surface area contributed by atoms with E-state index < -0.39 is 11.7 Å². The fourth-order valence-electron chi connectivity index (χ4n) is 4.18. The zero-order valence-electron chi connectivity index (χ0n) is 18.2. The molecule has 1 saturated heterocycles. The number of piperidine rings is 1. The number of likely N-dealkylation sites (tertiary alicyclic amines) is 1. The van der Waals surface area contributed by atoms with Crippen LogP contribution in [-0.4, -0.2) is 53.7 Å². The first-order valence-corrected chi connectivity index (χ1v) is 10.8. The van der Waals surface area contributed by atoms with Crippen LogP contribution in [0.25, 0.3) is 11.0 Å². The number of fused-ring (bicyclic) bond motifs is 1. The summed E-state index contributed by atoms with van der Waals surface area (Å²) in [6.07, 6.45) is 1.94. The summed E-state index contributed by atoms with van der Waals surface area (Å²) in [5.74, 6) is -2.36. The molecule has 1 aliphatic rings. The number of hydrogen-bond acceptors (Lipinski definition) is 7. The van der Waals surface area contributed by atoms with Gasteiger partial charge in [-0.15, -0.1) is 0 Å². The topological polar surface area (TPSA) is 85.0 Å². The van der Waals surface area contributed by atoms with Gasteiger partial charge in [-0.05, 0) is 43.5 Å². The first-order chi connectivity index (χ1) is 15.5. The zero-order chi connectivity index (χ0) is 22.7. The third-order valence-electron chi connectivity index (χ3n) is 5.91. The fourth-order valence-corrected chi connectivity index (χ4v) is 4.18. The van der Waals surface area contributed by atoms with Crippen LogP contribution in [0.4, 0.5) is 4.39 Å². The summed E-state index contributed by atoms with van der Waals surface area (Å²) < 4.78 is 29.7.